The number of ether oxygens (including phenoxy) is 1. The molecule has 0 saturated heterocycles. The molecule has 0 N–H and O–H groups in total. The summed E-state index contributed by atoms with van der Waals surface area (Å²) in [7, 11) is 1.30. The summed E-state index contributed by atoms with van der Waals surface area (Å²) in [5, 5.41) is 7.92. The van der Waals surface area contributed by atoms with Gasteiger partial charge in [-0.15, -0.1) is 0 Å². The summed E-state index contributed by atoms with van der Waals surface area (Å²) in [6.07, 6.45) is 0.485. The van der Waals surface area contributed by atoms with E-state index >= 15 is 0 Å². The normalized spacial score (nSPS) is 9.13. The molecule has 15 heavy (non-hydrogen) atoms. The quantitative estimate of drug-likeness (QED) is 0.578. The monoisotopic (exact) mass is 223 g/mol. The van der Waals surface area contributed by atoms with Gasteiger partial charge in [-0.2, -0.15) is 5.26 Å². The van der Waals surface area contributed by atoms with Crippen LogP contribution in [0.3, 0.4) is 0 Å². The van der Waals surface area contributed by atoms with Gasteiger partial charge in [0, 0.05) is 5.56 Å². The van der Waals surface area contributed by atoms with Crippen molar-refractivity contribution in [3.8, 4) is 11.8 Å². The summed E-state index contributed by atoms with van der Waals surface area (Å²) < 4.78 is 4.88. The number of carbonyl (C=O) groups is 2. The number of aldehydes is 1. The Labute approximate surface area is 91.0 Å². The summed E-state index contributed by atoms with van der Waals surface area (Å²) in [5.41, 5.74) is 0.186. The molecular formula is C10H6ClNO3. The van der Waals surface area contributed by atoms with Gasteiger partial charge in [0.25, 0.3) is 5.24 Å². The Morgan fingerprint density at radius 3 is 2.67 bits per heavy atom. The molecule has 0 aliphatic rings. The number of rotatable bonds is 3. The Hall–Kier alpha value is -1.86. The van der Waals surface area contributed by atoms with Crippen LogP contribution in [-0.4, -0.2) is 18.6 Å². The molecule has 0 fully saturated rings. The first-order valence-corrected chi connectivity index (χ1v) is 4.29. The highest BCUT2D eigenvalue weighted by Crippen LogP contribution is 2.27. The second-order valence-corrected chi connectivity index (χ2v) is 2.96. The van der Waals surface area contributed by atoms with E-state index < -0.39 is 5.24 Å². The lowest BCUT2D eigenvalue weighted by Crippen LogP contribution is -2.03. The van der Waals surface area contributed by atoms with E-state index in [0.717, 1.165) is 0 Å². The molecule has 0 spiro atoms. The van der Waals surface area contributed by atoms with Gasteiger partial charge in [-0.3, -0.25) is 9.59 Å². The molecule has 0 saturated carbocycles. The fraction of sp³-hybridized carbons (Fsp3) is 0.100. The number of nitriles is 1. The van der Waals surface area contributed by atoms with Gasteiger partial charge in [0.1, 0.15) is 11.8 Å². The van der Waals surface area contributed by atoms with Crippen LogP contribution in [0.1, 0.15) is 26.3 Å². The second-order valence-electron chi connectivity index (χ2n) is 2.61. The van der Waals surface area contributed by atoms with Crippen molar-refractivity contribution in [2.75, 3.05) is 7.11 Å². The van der Waals surface area contributed by atoms with E-state index in [9.17, 15) is 9.59 Å². The van der Waals surface area contributed by atoms with E-state index in [0.29, 0.717) is 6.29 Å². The average Bonchev–Trinajstić information content (AvgIpc) is 2.26. The summed E-state index contributed by atoms with van der Waals surface area (Å²) in [4.78, 5) is 21.7. The van der Waals surface area contributed by atoms with E-state index in [1.165, 1.54) is 19.2 Å². The van der Waals surface area contributed by atoms with Crippen molar-refractivity contribution in [1.29, 1.82) is 5.26 Å². The van der Waals surface area contributed by atoms with Crippen molar-refractivity contribution in [1.82, 2.24) is 0 Å². The van der Waals surface area contributed by atoms with Crippen LogP contribution in [0, 0.1) is 11.3 Å². The molecule has 1 aromatic rings. The minimum absolute atomic E-state index is 0.0297. The molecular weight excluding hydrogens is 218 g/mol. The Bertz CT molecular complexity index is 462. The summed E-state index contributed by atoms with van der Waals surface area (Å²) in [5.74, 6) is 0.0297. The summed E-state index contributed by atoms with van der Waals surface area (Å²) in [6.45, 7) is 0. The number of benzene rings is 1. The minimum atomic E-state index is -0.828. The maximum atomic E-state index is 11.1. The minimum Gasteiger partial charge on any atom is -0.495 e. The topological polar surface area (TPSA) is 67.2 Å². The zero-order valence-electron chi connectivity index (χ0n) is 7.78. The van der Waals surface area contributed by atoms with Crippen LogP contribution in [0.4, 0.5) is 0 Å². The first-order valence-electron chi connectivity index (χ1n) is 3.91. The Kier molecular flexibility index (Phi) is 3.42. The molecule has 0 amide bonds. The Morgan fingerprint density at radius 1 is 1.60 bits per heavy atom. The van der Waals surface area contributed by atoms with Crippen LogP contribution in [0.15, 0.2) is 12.1 Å². The molecule has 0 atom stereocenters. The molecule has 0 bridgehead atoms. The third-order valence-corrected chi connectivity index (χ3v) is 2.03. The van der Waals surface area contributed by atoms with Gasteiger partial charge in [0.2, 0.25) is 0 Å². The first kappa shape index (κ1) is 11.2. The van der Waals surface area contributed by atoms with Crippen molar-refractivity contribution in [2.24, 2.45) is 0 Å². The molecule has 0 heterocycles. The molecule has 0 unspecified atom stereocenters. The average molecular weight is 224 g/mol. The first-order chi connectivity index (χ1) is 7.15. The maximum absolute atomic E-state index is 11.1. The van der Waals surface area contributed by atoms with Gasteiger partial charge >= 0.3 is 0 Å². The summed E-state index contributed by atoms with van der Waals surface area (Å²) in [6, 6.07) is 4.59. The van der Waals surface area contributed by atoms with Gasteiger partial charge < -0.3 is 4.74 Å². The van der Waals surface area contributed by atoms with E-state index in [2.05, 4.69) is 0 Å². The smallest absolute Gasteiger partial charge is 0.256 e. The molecule has 0 aliphatic heterocycles. The highest BCUT2D eigenvalue weighted by molar-refractivity contribution is 6.68. The predicted molar refractivity (Wildman–Crippen MR) is 53.3 cm³/mol. The molecule has 1 aromatic carbocycles. The van der Waals surface area contributed by atoms with Gasteiger partial charge in [-0.25, -0.2) is 0 Å². The Morgan fingerprint density at radius 2 is 2.27 bits per heavy atom. The highest BCUT2D eigenvalue weighted by atomic mass is 35.5. The molecule has 76 valence electrons. The lowest BCUT2D eigenvalue weighted by molar-refractivity contribution is 0.106. The van der Waals surface area contributed by atoms with Crippen molar-refractivity contribution in [2.45, 2.75) is 0 Å². The molecule has 5 heteroatoms. The predicted octanol–water partition coefficient (Wildman–Crippen LogP) is 1.76. The number of nitrogens with zero attached hydrogens (tertiary/aromatic N) is 1. The van der Waals surface area contributed by atoms with E-state index in [4.69, 9.17) is 21.6 Å². The third kappa shape index (κ3) is 1.97. The number of halogens is 1. The standard InChI is InChI=1S/C10H6ClNO3/c1-15-9-6(4-12)2-3-7(5-13)8(9)10(11)14/h2-3,5H,1H3. The van der Waals surface area contributed by atoms with E-state index in [-0.39, 0.29) is 22.4 Å². The van der Waals surface area contributed by atoms with Gasteiger partial charge in [-0.05, 0) is 23.7 Å². The Balaban J connectivity index is 3.60. The van der Waals surface area contributed by atoms with Crippen LogP contribution in [0.5, 0.6) is 5.75 Å². The van der Waals surface area contributed by atoms with Crippen molar-refractivity contribution >= 4 is 23.1 Å². The lowest BCUT2D eigenvalue weighted by atomic mass is 10.0. The molecule has 0 aliphatic carbocycles. The third-order valence-electron chi connectivity index (χ3n) is 1.84. The zero-order valence-corrected chi connectivity index (χ0v) is 8.54. The van der Waals surface area contributed by atoms with Crippen LogP contribution >= 0.6 is 11.6 Å². The van der Waals surface area contributed by atoms with Gasteiger partial charge in [0.05, 0.1) is 18.2 Å². The van der Waals surface area contributed by atoms with E-state index in [1.54, 1.807) is 0 Å². The number of hydrogen-bond donors (Lipinski definition) is 0. The zero-order chi connectivity index (χ0) is 11.4. The van der Waals surface area contributed by atoms with Gasteiger partial charge in [-0.1, -0.05) is 0 Å². The highest BCUT2D eigenvalue weighted by Gasteiger charge is 2.18. The molecule has 4 nitrogen and oxygen atoms in total. The number of hydrogen-bond acceptors (Lipinski definition) is 4. The molecule has 1 rings (SSSR count). The van der Waals surface area contributed by atoms with Crippen LogP contribution in [-0.2, 0) is 0 Å². The second kappa shape index (κ2) is 4.58. The van der Waals surface area contributed by atoms with Gasteiger partial charge in [0.15, 0.2) is 6.29 Å². The van der Waals surface area contributed by atoms with Crippen molar-refractivity contribution < 1.29 is 14.3 Å². The van der Waals surface area contributed by atoms with Crippen LogP contribution in [0.2, 0.25) is 0 Å². The van der Waals surface area contributed by atoms with Crippen molar-refractivity contribution in [3.63, 3.8) is 0 Å². The fourth-order valence-corrected chi connectivity index (χ4v) is 1.39. The molecule has 0 aromatic heterocycles. The lowest BCUT2D eigenvalue weighted by Gasteiger charge is -2.08. The van der Waals surface area contributed by atoms with Crippen LogP contribution in [0.25, 0.3) is 0 Å². The fourth-order valence-electron chi connectivity index (χ4n) is 1.20. The maximum Gasteiger partial charge on any atom is 0.256 e. The largest absolute Gasteiger partial charge is 0.495 e. The van der Waals surface area contributed by atoms with E-state index in [1.807, 2.05) is 6.07 Å². The summed E-state index contributed by atoms with van der Waals surface area (Å²) >= 11 is 5.31. The van der Waals surface area contributed by atoms with Crippen LogP contribution < -0.4 is 4.74 Å². The SMILES string of the molecule is COc1c(C#N)ccc(C=O)c1C(=O)Cl. The van der Waals surface area contributed by atoms with Crippen molar-refractivity contribution in [3.05, 3.63) is 28.8 Å². The number of carbonyl (C=O) groups excluding carboxylic acids is 2. The number of methoxy groups -OCH3 is 1. The molecule has 0 radical (unpaired) electrons.